The van der Waals surface area contributed by atoms with E-state index >= 15 is 0 Å². The molecule has 0 aliphatic heterocycles. The van der Waals surface area contributed by atoms with Gasteiger partial charge in [-0.2, -0.15) is 38.3 Å². The summed E-state index contributed by atoms with van der Waals surface area (Å²) >= 11 is 0.640. The van der Waals surface area contributed by atoms with Gasteiger partial charge in [0.05, 0.1) is 31.9 Å². The maximum Gasteiger partial charge on any atom is 0.295 e. The Morgan fingerprint density at radius 1 is 0.607 bits per heavy atom. The summed E-state index contributed by atoms with van der Waals surface area (Å²) in [6.07, 6.45) is 3.01. The van der Waals surface area contributed by atoms with Crippen molar-refractivity contribution in [1.82, 2.24) is 29.9 Å². The molecular formula is C38H40N12O9S2. The van der Waals surface area contributed by atoms with Gasteiger partial charge in [-0.1, -0.05) is 65.7 Å². The lowest BCUT2D eigenvalue weighted by molar-refractivity contribution is -0.432. The van der Waals surface area contributed by atoms with E-state index in [0.717, 1.165) is 0 Å². The van der Waals surface area contributed by atoms with Gasteiger partial charge >= 0.3 is 0 Å². The number of aromatic nitrogens is 6. The molecule has 0 fully saturated rings. The predicted octanol–water partition coefficient (Wildman–Crippen LogP) is 5.07. The Balaban J connectivity index is 1.27. The normalized spacial score (nSPS) is 11.4. The number of nitrogens with zero attached hydrogens (tertiary/aromatic N) is 7. The Bertz CT molecular complexity index is 2510. The Morgan fingerprint density at radius 3 is 1.62 bits per heavy atom. The summed E-state index contributed by atoms with van der Waals surface area (Å²) < 4.78 is 40.4. The van der Waals surface area contributed by atoms with Crippen molar-refractivity contribution in [1.29, 1.82) is 0 Å². The maximum atomic E-state index is 12.7. The quantitative estimate of drug-likeness (QED) is 0.0140. The number of aliphatic hydroxyl groups excluding tert-OH is 3. The van der Waals surface area contributed by atoms with Gasteiger partial charge in [-0.3, -0.25) is 4.55 Å². The molecule has 0 spiro atoms. The van der Waals surface area contributed by atoms with Gasteiger partial charge in [-0.05, 0) is 59.7 Å². The van der Waals surface area contributed by atoms with E-state index in [1.54, 1.807) is 35.2 Å². The summed E-state index contributed by atoms with van der Waals surface area (Å²) in [6, 6.07) is 27.5. The molecule has 0 unspecified atom stereocenters. The highest BCUT2D eigenvalue weighted by Crippen LogP contribution is 2.32. The molecule has 2 heterocycles. The van der Waals surface area contributed by atoms with Crippen molar-refractivity contribution in [2.24, 2.45) is 0 Å². The van der Waals surface area contributed by atoms with E-state index in [-0.39, 0.29) is 86.4 Å². The fourth-order valence-corrected chi connectivity index (χ4v) is 6.71. The van der Waals surface area contributed by atoms with Crippen LogP contribution in [0.25, 0.3) is 12.2 Å². The summed E-state index contributed by atoms with van der Waals surface area (Å²) in [4.78, 5) is 28.0. The number of anilines is 10. The molecule has 0 radical (unpaired) electrons. The van der Waals surface area contributed by atoms with Crippen LogP contribution in [0.5, 0.6) is 0 Å². The predicted molar refractivity (Wildman–Crippen MR) is 230 cm³/mol. The molecule has 318 valence electrons. The van der Waals surface area contributed by atoms with Crippen LogP contribution in [0.2, 0.25) is 0 Å². The molecule has 6 aromatic rings. The number of para-hydroxylation sites is 2. The molecule has 0 bridgehead atoms. The van der Waals surface area contributed by atoms with Crippen LogP contribution in [0.4, 0.5) is 58.4 Å². The van der Waals surface area contributed by atoms with Crippen LogP contribution in [-0.4, -0.2) is 103 Å². The average molecular weight is 873 g/mol. The first kappa shape index (κ1) is 44.0. The molecule has 23 heteroatoms. The third-order valence-electron chi connectivity index (χ3n) is 8.15. The first-order chi connectivity index (χ1) is 29.6. The van der Waals surface area contributed by atoms with Gasteiger partial charge in [0.1, 0.15) is 4.90 Å². The van der Waals surface area contributed by atoms with Gasteiger partial charge < -0.3 is 46.8 Å². The van der Waals surface area contributed by atoms with E-state index in [9.17, 15) is 28.3 Å². The molecule has 2 aromatic heterocycles. The molecule has 0 aliphatic carbocycles. The number of aliphatic hydroxyl groups is 3. The van der Waals surface area contributed by atoms with Crippen LogP contribution >= 0.6 is 12.0 Å². The minimum atomic E-state index is -4.77. The average Bonchev–Trinajstić information content (AvgIpc) is 3.25. The van der Waals surface area contributed by atoms with Gasteiger partial charge in [-0.15, -0.1) is 4.33 Å². The molecule has 10 N–H and O–H groups in total. The number of benzene rings is 4. The van der Waals surface area contributed by atoms with Crippen molar-refractivity contribution in [3.05, 3.63) is 108 Å². The molecule has 4 aromatic carbocycles. The third-order valence-corrected chi connectivity index (χ3v) is 9.72. The molecule has 6 rings (SSSR count). The fraction of sp³-hybridized carbons (Fsp3) is 0.158. The lowest BCUT2D eigenvalue weighted by Crippen LogP contribution is -2.31. The molecule has 0 aliphatic rings. The second-order valence-electron chi connectivity index (χ2n) is 12.4. The number of nitrogens with one attached hydrogen (secondary N) is 5. The van der Waals surface area contributed by atoms with Crippen molar-refractivity contribution >= 4 is 92.8 Å². The Morgan fingerprint density at radius 2 is 1.10 bits per heavy atom. The lowest BCUT2D eigenvalue weighted by atomic mass is 10.1. The highest BCUT2D eigenvalue weighted by molar-refractivity contribution is 7.94. The van der Waals surface area contributed by atoms with Gasteiger partial charge in [0.25, 0.3) is 10.1 Å². The monoisotopic (exact) mass is 872 g/mol. The summed E-state index contributed by atoms with van der Waals surface area (Å²) in [5, 5.41) is 56.5. The molecule has 61 heavy (non-hydrogen) atoms. The molecule has 21 nitrogen and oxygen atoms in total. The van der Waals surface area contributed by atoms with Crippen molar-refractivity contribution in [3.8, 4) is 0 Å². The summed E-state index contributed by atoms with van der Waals surface area (Å²) in [6.45, 7) is -0.168. The Kier molecular flexibility index (Phi) is 15.6. The van der Waals surface area contributed by atoms with Crippen molar-refractivity contribution in [2.45, 2.75) is 9.79 Å². The first-order valence-electron chi connectivity index (χ1n) is 18.2. The van der Waals surface area contributed by atoms with Crippen LogP contribution < -0.4 is 31.5 Å². The maximum absolute atomic E-state index is 12.7. The van der Waals surface area contributed by atoms with E-state index in [1.165, 1.54) is 18.2 Å². The van der Waals surface area contributed by atoms with Gasteiger partial charge in [0.15, 0.2) is 0 Å². The minimum Gasteiger partial charge on any atom is -0.395 e. The van der Waals surface area contributed by atoms with E-state index in [0.29, 0.717) is 39.6 Å². The van der Waals surface area contributed by atoms with Crippen LogP contribution in [0.1, 0.15) is 11.1 Å². The van der Waals surface area contributed by atoms with Crippen LogP contribution in [0, 0.1) is 0 Å². The van der Waals surface area contributed by atoms with E-state index < -0.39 is 15.0 Å². The van der Waals surface area contributed by atoms with Crippen LogP contribution in [0.3, 0.4) is 0 Å². The molecule has 0 amide bonds. The highest BCUT2D eigenvalue weighted by Gasteiger charge is 2.18. The van der Waals surface area contributed by atoms with Crippen molar-refractivity contribution < 1.29 is 42.9 Å². The Labute approximate surface area is 353 Å². The minimum absolute atomic E-state index is 0.0321. The zero-order chi connectivity index (χ0) is 43.0. The van der Waals surface area contributed by atoms with Gasteiger partial charge in [0, 0.05) is 47.3 Å². The summed E-state index contributed by atoms with van der Waals surface area (Å²) in [5.41, 5.74) is 2.66. The smallest absolute Gasteiger partial charge is 0.295 e. The van der Waals surface area contributed by atoms with Gasteiger partial charge in [-0.25, -0.2) is 5.26 Å². The fourth-order valence-electron chi connectivity index (χ4n) is 5.49. The number of hydrogen-bond acceptors (Lipinski definition) is 21. The third kappa shape index (κ3) is 13.0. The van der Waals surface area contributed by atoms with Crippen molar-refractivity contribution in [2.75, 3.05) is 70.9 Å². The molecule has 0 saturated heterocycles. The standard InChI is InChI=1S/C38H40N12O9S2/c51-20-17-39-33-44-34(40-27-7-3-1-4-8-27)46-35(45-33)43-30-16-14-26(32(24-30)61(55,56)57)12-11-25-13-15-29(23-31(25)60-59-58-54)42-37-47-36(41-28-9-5-2-6-10-28)48-38(49-37)50(18-21-52)19-22-53/h1-16,23-24,51-54H,17-22H2,(H,55,56,57)(H2,41,42,47,48,49)(H3,39,40,43,44,45,46)/b12-11+. The summed E-state index contributed by atoms with van der Waals surface area (Å²) in [5.74, 6) is 0.793. The second kappa shape index (κ2) is 21.6. The molecule has 0 saturated carbocycles. The zero-order valence-electron chi connectivity index (χ0n) is 32.0. The Hall–Kier alpha value is -6.54. The largest absolute Gasteiger partial charge is 0.395 e. The van der Waals surface area contributed by atoms with Crippen LogP contribution in [0.15, 0.2) is 107 Å². The highest BCUT2D eigenvalue weighted by atomic mass is 32.2. The zero-order valence-corrected chi connectivity index (χ0v) is 33.6. The van der Waals surface area contributed by atoms with Crippen molar-refractivity contribution in [3.63, 3.8) is 0 Å². The molecular weight excluding hydrogens is 833 g/mol. The second-order valence-corrected chi connectivity index (χ2v) is 14.6. The SMILES string of the molecule is O=S(=O)(O)c1cc(Nc2nc(NCCO)nc(Nc3ccccc3)n2)ccc1/C=C/c1ccc(Nc2nc(Nc3ccccc3)nc(N(CCO)CCO)n2)cc1SOOO. The summed E-state index contributed by atoms with van der Waals surface area (Å²) in [7, 11) is -4.77. The number of rotatable bonds is 22. The van der Waals surface area contributed by atoms with Gasteiger partial charge in [0.2, 0.25) is 35.7 Å². The number of hydrogen-bond donors (Lipinski definition) is 10. The topological polar surface area (TPSA) is 294 Å². The van der Waals surface area contributed by atoms with Crippen LogP contribution in [-0.2, 0) is 19.5 Å². The first-order valence-corrected chi connectivity index (χ1v) is 20.4. The van der Waals surface area contributed by atoms with E-state index in [2.05, 4.69) is 61.5 Å². The van der Waals surface area contributed by atoms with E-state index in [4.69, 9.17) is 9.59 Å². The lowest BCUT2D eigenvalue weighted by Gasteiger charge is -2.21. The van der Waals surface area contributed by atoms with E-state index in [1.807, 2.05) is 60.7 Å². The molecule has 0 atom stereocenters.